The van der Waals surface area contributed by atoms with Crippen molar-refractivity contribution in [2.24, 2.45) is 0 Å². The van der Waals surface area contributed by atoms with Gasteiger partial charge in [-0.25, -0.2) is 4.98 Å². The molecule has 1 aromatic rings. The van der Waals surface area contributed by atoms with Crippen LogP contribution >= 0.6 is 0 Å². The molecule has 3 rings (SSSR count). The van der Waals surface area contributed by atoms with Crippen LogP contribution in [0.25, 0.3) is 0 Å². The molecule has 0 unspecified atom stereocenters. The lowest BCUT2D eigenvalue weighted by molar-refractivity contribution is -0.221. The van der Waals surface area contributed by atoms with E-state index in [-0.39, 0.29) is 19.1 Å². The van der Waals surface area contributed by atoms with Crippen LogP contribution in [0, 0.1) is 0 Å². The molecule has 2 aliphatic heterocycles. The molecule has 2 aliphatic rings. The Bertz CT molecular complexity index is 574. The van der Waals surface area contributed by atoms with Crippen molar-refractivity contribution < 1.29 is 27.4 Å². The molecule has 3 heterocycles. The number of pyridine rings is 1. The lowest BCUT2D eigenvalue weighted by Crippen LogP contribution is -2.49. The summed E-state index contributed by atoms with van der Waals surface area (Å²) >= 11 is 0. The highest BCUT2D eigenvalue weighted by molar-refractivity contribution is 5.94. The molecule has 6 nitrogen and oxygen atoms in total. The molecule has 0 saturated carbocycles. The number of amides is 1. The van der Waals surface area contributed by atoms with Crippen LogP contribution in [0.4, 0.5) is 19.0 Å². The first-order valence-electron chi connectivity index (χ1n) is 7.71. The van der Waals surface area contributed by atoms with Crippen LogP contribution in [0.1, 0.15) is 10.4 Å². The van der Waals surface area contributed by atoms with Crippen molar-refractivity contribution in [1.29, 1.82) is 0 Å². The monoisotopic (exact) mass is 345 g/mol. The number of halogens is 3. The Morgan fingerprint density at radius 1 is 1.17 bits per heavy atom. The lowest BCUT2D eigenvalue weighted by Gasteiger charge is -2.34. The molecule has 0 spiro atoms. The third kappa shape index (κ3) is 3.78. The quantitative estimate of drug-likeness (QED) is 0.809. The van der Waals surface area contributed by atoms with Crippen LogP contribution < -0.4 is 4.90 Å². The van der Waals surface area contributed by atoms with Gasteiger partial charge >= 0.3 is 6.18 Å². The van der Waals surface area contributed by atoms with Crippen molar-refractivity contribution in [3.05, 3.63) is 23.9 Å². The van der Waals surface area contributed by atoms with Crippen LogP contribution in [0.15, 0.2) is 18.3 Å². The maximum Gasteiger partial charge on any atom is 0.416 e. The van der Waals surface area contributed by atoms with Gasteiger partial charge in [0.2, 0.25) is 0 Å². The number of anilines is 1. The minimum Gasteiger partial charge on any atom is -0.378 e. The standard InChI is InChI=1S/C15H18F3N3O3/c16-15(17,18)12-10-21(5-8-24-12)13-2-1-11(9-19-13)14(22)20-3-6-23-7-4-20/h1-2,9,12H,3-8,10H2/t12-/m1/s1. The second-order valence-corrected chi connectivity index (χ2v) is 5.66. The van der Waals surface area contributed by atoms with Gasteiger partial charge in [0.1, 0.15) is 5.82 Å². The molecule has 0 aromatic carbocycles. The average molecular weight is 345 g/mol. The Hall–Kier alpha value is -1.87. The number of rotatable bonds is 2. The van der Waals surface area contributed by atoms with E-state index in [0.29, 0.717) is 44.2 Å². The van der Waals surface area contributed by atoms with Gasteiger partial charge in [0.15, 0.2) is 6.10 Å². The Balaban J connectivity index is 1.66. The maximum atomic E-state index is 12.8. The van der Waals surface area contributed by atoms with E-state index in [2.05, 4.69) is 4.98 Å². The van der Waals surface area contributed by atoms with Crippen molar-refractivity contribution in [3.63, 3.8) is 0 Å². The predicted octanol–water partition coefficient (Wildman–Crippen LogP) is 1.32. The molecule has 0 radical (unpaired) electrons. The molecule has 132 valence electrons. The van der Waals surface area contributed by atoms with E-state index in [1.165, 1.54) is 11.1 Å². The van der Waals surface area contributed by atoms with Crippen LogP contribution in [0.3, 0.4) is 0 Å². The van der Waals surface area contributed by atoms with Crippen LogP contribution in [0.2, 0.25) is 0 Å². The molecule has 0 N–H and O–H groups in total. The van der Waals surface area contributed by atoms with Gasteiger partial charge in [0.05, 0.1) is 31.9 Å². The van der Waals surface area contributed by atoms with Crippen LogP contribution in [-0.2, 0) is 9.47 Å². The first-order chi connectivity index (χ1) is 11.4. The Kier molecular flexibility index (Phi) is 4.91. The number of nitrogens with zero attached hydrogens (tertiary/aromatic N) is 3. The third-order valence-corrected chi connectivity index (χ3v) is 4.05. The van der Waals surface area contributed by atoms with E-state index in [1.54, 1.807) is 17.0 Å². The number of morpholine rings is 2. The second-order valence-electron chi connectivity index (χ2n) is 5.66. The summed E-state index contributed by atoms with van der Waals surface area (Å²) in [5.74, 6) is 0.263. The summed E-state index contributed by atoms with van der Waals surface area (Å²) in [5.41, 5.74) is 0.418. The first-order valence-corrected chi connectivity index (χ1v) is 7.71. The Labute approximate surface area is 137 Å². The summed E-state index contributed by atoms with van der Waals surface area (Å²) in [7, 11) is 0. The van der Waals surface area contributed by atoms with Crippen molar-refractivity contribution in [3.8, 4) is 0 Å². The summed E-state index contributed by atoms with van der Waals surface area (Å²) in [5, 5.41) is 0. The number of aromatic nitrogens is 1. The number of ether oxygens (including phenoxy) is 2. The van der Waals surface area contributed by atoms with Crippen molar-refractivity contribution in [2.45, 2.75) is 12.3 Å². The van der Waals surface area contributed by atoms with Gasteiger partial charge in [-0.15, -0.1) is 0 Å². The van der Waals surface area contributed by atoms with E-state index < -0.39 is 12.3 Å². The molecule has 2 saturated heterocycles. The van der Waals surface area contributed by atoms with Gasteiger partial charge < -0.3 is 19.3 Å². The number of alkyl halides is 3. The van der Waals surface area contributed by atoms with Gasteiger partial charge in [0, 0.05) is 25.8 Å². The van der Waals surface area contributed by atoms with Crippen molar-refractivity contribution in [1.82, 2.24) is 9.88 Å². The van der Waals surface area contributed by atoms with Crippen molar-refractivity contribution >= 4 is 11.7 Å². The first kappa shape index (κ1) is 17.0. The molecule has 1 atom stereocenters. The summed E-state index contributed by atoms with van der Waals surface area (Å²) in [6, 6.07) is 3.17. The lowest BCUT2D eigenvalue weighted by atomic mass is 10.2. The predicted molar refractivity (Wildman–Crippen MR) is 79.0 cm³/mol. The summed E-state index contributed by atoms with van der Waals surface area (Å²) in [4.78, 5) is 19.7. The van der Waals surface area contributed by atoms with E-state index >= 15 is 0 Å². The fourth-order valence-corrected chi connectivity index (χ4v) is 2.70. The minimum absolute atomic E-state index is 0.0136. The van der Waals surface area contributed by atoms with Crippen LogP contribution in [-0.4, -0.2) is 74.1 Å². The average Bonchev–Trinajstić information content (AvgIpc) is 2.61. The molecule has 9 heteroatoms. The maximum absolute atomic E-state index is 12.8. The molecule has 1 aromatic heterocycles. The second kappa shape index (κ2) is 6.94. The highest BCUT2D eigenvalue weighted by atomic mass is 19.4. The highest BCUT2D eigenvalue weighted by Crippen LogP contribution is 2.27. The topological polar surface area (TPSA) is 54.9 Å². The molecule has 2 fully saturated rings. The molecule has 1 amide bonds. The number of hydrogen-bond acceptors (Lipinski definition) is 5. The SMILES string of the molecule is O=C(c1ccc(N2CCO[C@@H](C(F)(F)F)C2)nc1)N1CCOCC1. The summed E-state index contributed by atoms with van der Waals surface area (Å²) in [6.07, 6.45) is -4.81. The number of carbonyl (C=O) groups excluding carboxylic acids is 1. The zero-order chi connectivity index (χ0) is 17.2. The Morgan fingerprint density at radius 2 is 1.92 bits per heavy atom. The van der Waals surface area contributed by atoms with Gasteiger partial charge in [-0.05, 0) is 12.1 Å². The molecule has 0 aliphatic carbocycles. The molecular weight excluding hydrogens is 327 g/mol. The molecular formula is C15H18F3N3O3. The van der Waals surface area contributed by atoms with E-state index in [4.69, 9.17) is 9.47 Å². The summed E-state index contributed by atoms with van der Waals surface area (Å²) in [6.45, 7) is 2.08. The number of carbonyl (C=O) groups is 1. The largest absolute Gasteiger partial charge is 0.416 e. The highest BCUT2D eigenvalue weighted by Gasteiger charge is 2.43. The summed E-state index contributed by atoms with van der Waals surface area (Å²) < 4.78 is 48.3. The van der Waals surface area contributed by atoms with Gasteiger partial charge in [-0.1, -0.05) is 0 Å². The zero-order valence-corrected chi connectivity index (χ0v) is 13.0. The third-order valence-electron chi connectivity index (χ3n) is 4.05. The van der Waals surface area contributed by atoms with Gasteiger partial charge in [-0.3, -0.25) is 4.79 Å². The van der Waals surface area contributed by atoms with Crippen LogP contribution in [0.5, 0.6) is 0 Å². The molecule has 24 heavy (non-hydrogen) atoms. The Morgan fingerprint density at radius 3 is 2.54 bits per heavy atom. The molecule has 0 bridgehead atoms. The van der Waals surface area contributed by atoms with Gasteiger partial charge in [-0.2, -0.15) is 13.2 Å². The van der Waals surface area contributed by atoms with E-state index in [9.17, 15) is 18.0 Å². The zero-order valence-electron chi connectivity index (χ0n) is 13.0. The fourth-order valence-electron chi connectivity index (χ4n) is 2.70. The minimum atomic E-state index is -4.40. The van der Waals surface area contributed by atoms with E-state index in [0.717, 1.165) is 0 Å². The smallest absolute Gasteiger partial charge is 0.378 e. The fraction of sp³-hybridized carbons (Fsp3) is 0.600. The van der Waals surface area contributed by atoms with Crippen molar-refractivity contribution in [2.75, 3.05) is 50.9 Å². The van der Waals surface area contributed by atoms with Gasteiger partial charge in [0.25, 0.3) is 5.91 Å². The number of hydrogen-bond donors (Lipinski definition) is 0. The normalized spacial score (nSPS) is 22.5. The van der Waals surface area contributed by atoms with E-state index in [1.807, 2.05) is 0 Å².